The average Bonchev–Trinajstić information content (AvgIpc) is 3.13. The van der Waals surface area contributed by atoms with E-state index < -0.39 is 11.4 Å². The van der Waals surface area contributed by atoms with Crippen molar-refractivity contribution in [2.45, 2.75) is 25.3 Å². The summed E-state index contributed by atoms with van der Waals surface area (Å²) in [5.74, 6) is -1.15. The zero-order valence-corrected chi connectivity index (χ0v) is 13.9. The summed E-state index contributed by atoms with van der Waals surface area (Å²) in [6.07, 6.45) is 4.61. The summed E-state index contributed by atoms with van der Waals surface area (Å²) >= 11 is 0. The molecule has 1 saturated heterocycles. The minimum absolute atomic E-state index is 0.0312. The van der Waals surface area contributed by atoms with Gasteiger partial charge in [0.05, 0.1) is 5.69 Å². The van der Waals surface area contributed by atoms with Crippen molar-refractivity contribution in [3.05, 3.63) is 42.5 Å². The molecule has 0 spiro atoms. The summed E-state index contributed by atoms with van der Waals surface area (Å²) in [6.45, 7) is 2.70. The number of carbonyl (C=O) groups is 2. The zero-order valence-electron chi connectivity index (χ0n) is 13.9. The molecule has 1 aliphatic rings. The molecule has 1 fully saturated rings. The molecule has 3 rings (SSSR count). The molecule has 0 saturated carbocycles. The second-order valence-electron chi connectivity index (χ2n) is 6.06. The van der Waals surface area contributed by atoms with Crippen LogP contribution >= 0.6 is 0 Å². The van der Waals surface area contributed by atoms with E-state index >= 15 is 0 Å². The van der Waals surface area contributed by atoms with Gasteiger partial charge >= 0.3 is 0 Å². The van der Waals surface area contributed by atoms with Gasteiger partial charge in [-0.1, -0.05) is 0 Å². The summed E-state index contributed by atoms with van der Waals surface area (Å²) in [7, 11) is 0. The fraction of sp³-hybridized carbons (Fsp3) is 0.353. The quantitative estimate of drug-likeness (QED) is 0.787. The Morgan fingerprint density at radius 1 is 1.28 bits per heavy atom. The van der Waals surface area contributed by atoms with Gasteiger partial charge < -0.3 is 16.0 Å². The topological polar surface area (TPSA) is 88.1 Å². The lowest BCUT2D eigenvalue weighted by atomic mass is 9.87. The highest BCUT2D eigenvalue weighted by atomic mass is 19.1. The predicted octanol–water partition coefficient (Wildman–Crippen LogP) is 1.70. The van der Waals surface area contributed by atoms with Crippen LogP contribution in [0.15, 0.2) is 36.7 Å². The second-order valence-corrected chi connectivity index (χ2v) is 6.06. The smallest absolute Gasteiger partial charge is 0.252 e. The van der Waals surface area contributed by atoms with Gasteiger partial charge in [0.25, 0.3) is 5.91 Å². The van der Waals surface area contributed by atoms with E-state index in [1.54, 1.807) is 23.1 Å². The SMILES string of the molecule is CC(=O)Nc1cc(NC(=O)C2(n3cccn3)CCNCC2)ccc1F. The number of hydrogen-bond acceptors (Lipinski definition) is 4. The molecular weight excluding hydrogens is 325 g/mol. The maximum atomic E-state index is 13.8. The Bertz CT molecular complexity index is 769. The van der Waals surface area contributed by atoms with Crippen molar-refractivity contribution < 1.29 is 14.0 Å². The van der Waals surface area contributed by atoms with Gasteiger partial charge in [-0.3, -0.25) is 14.3 Å². The van der Waals surface area contributed by atoms with Crippen molar-refractivity contribution in [2.24, 2.45) is 0 Å². The minimum Gasteiger partial charge on any atom is -0.324 e. The van der Waals surface area contributed by atoms with Crippen LogP contribution in [0.4, 0.5) is 15.8 Å². The Kier molecular flexibility index (Phi) is 4.80. The third-order valence-electron chi connectivity index (χ3n) is 4.33. The number of hydrogen-bond donors (Lipinski definition) is 3. The van der Waals surface area contributed by atoms with Crippen molar-refractivity contribution in [1.29, 1.82) is 0 Å². The van der Waals surface area contributed by atoms with E-state index in [2.05, 4.69) is 21.0 Å². The van der Waals surface area contributed by atoms with Crippen LogP contribution in [-0.4, -0.2) is 34.7 Å². The van der Waals surface area contributed by atoms with E-state index in [-0.39, 0.29) is 17.5 Å². The van der Waals surface area contributed by atoms with Crippen molar-refractivity contribution in [2.75, 3.05) is 23.7 Å². The summed E-state index contributed by atoms with van der Waals surface area (Å²) in [6, 6.07) is 5.87. The first kappa shape index (κ1) is 17.1. The number of carbonyl (C=O) groups excluding carboxylic acids is 2. The lowest BCUT2D eigenvalue weighted by Crippen LogP contribution is -2.52. The van der Waals surface area contributed by atoms with Crippen LogP contribution < -0.4 is 16.0 Å². The number of piperidine rings is 1. The normalized spacial score (nSPS) is 16.2. The van der Waals surface area contributed by atoms with Gasteiger partial charge in [0.2, 0.25) is 5.91 Å². The van der Waals surface area contributed by atoms with Gasteiger partial charge in [-0.15, -0.1) is 0 Å². The molecule has 1 aromatic heterocycles. The van der Waals surface area contributed by atoms with Crippen LogP contribution in [0, 0.1) is 5.82 Å². The molecule has 132 valence electrons. The number of rotatable bonds is 4. The van der Waals surface area contributed by atoms with Crippen molar-refractivity contribution in [3.8, 4) is 0 Å². The fourth-order valence-electron chi connectivity index (χ4n) is 3.06. The Balaban J connectivity index is 1.86. The molecule has 7 nitrogen and oxygen atoms in total. The third kappa shape index (κ3) is 3.53. The number of halogens is 1. The molecule has 25 heavy (non-hydrogen) atoms. The molecule has 8 heteroatoms. The van der Waals surface area contributed by atoms with Crippen molar-refractivity contribution >= 4 is 23.2 Å². The van der Waals surface area contributed by atoms with Crippen molar-refractivity contribution in [1.82, 2.24) is 15.1 Å². The van der Waals surface area contributed by atoms with E-state index in [0.29, 0.717) is 31.6 Å². The van der Waals surface area contributed by atoms with Crippen LogP contribution in [0.3, 0.4) is 0 Å². The number of anilines is 2. The predicted molar refractivity (Wildman–Crippen MR) is 91.6 cm³/mol. The highest BCUT2D eigenvalue weighted by Gasteiger charge is 2.42. The minimum atomic E-state index is -0.794. The van der Waals surface area contributed by atoms with E-state index in [0.717, 1.165) is 0 Å². The molecule has 0 bridgehead atoms. The average molecular weight is 345 g/mol. The van der Waals surface area contributed by atoms with Crippen molar-refractivity contribution in [3.63, 3.8) is 0 Å². The maximum Gasteiger partial charge on any atom is 0.252 e. The highest BCUT2D eigenvalue weighted by Crippen LogP contribution is 2.29. The van der Waals surface area contributed by atoms with Gasteiger partial charge in [0, 0.05) is 25.0 Å². The standard InChI is InChI=1S/C17H20FN5O2/c1-12(24)21-15-11-13(3-4-14(15)18)22-16(25)17(5-8-19-9-6-17)23-10-2-7-20-23/h2-4,7,10-11,19H,5-6,8-9H2,1H3,(H,21,24)(H,22,25). The molecule has 1 aromatic carbocycles. The van der Waals surface area contributed by atoms with Crippen LogP contribution in [0.1, 0.15) is 19.8 Å². The molecule has 3 N–H and O–H groups in total. The summed E-state index contributed by atoms with van der Waals surface area (Å²) < 4.78 is 15.5. The molecule has 2 aromatic rings. The monoisotopic (exact) mass is 345 g/mol. The van der Waals surface area contributed by atoms with Gasteiger partial charge in [0.15, 0.2) is 0 Å². The molecule has 0 atom stereocenters. The zero-order chi connectivity index (χ0) is 17.9. The molecular formula is C17H20FN5O2. The largest absolute Gasteiger partial charge is 0.324 e. The number of nitrogens with zero attached hydrogens (tertiary/aromatic N) is 2. The summed E-state index contributed by atoms with van der Waals surface area (Å²) in [4.78, 5) is 24.2. The first-order valence-corrected chi connectivity index (χ1v) is 8.11. The maximum absolute atomic E-state index is 13.8. The number of aromatic nitrogens is 2. The Hall–Kier alpha value is -2.74. The van der Waals surface area contributed by atoms with E-state index in [1.165, 1.54) is 25.1 Å². The van der Waals surface area contributed by atoms with Crippen LogP contribution in [0.25, 0.3) is 0 Å². The number of nitrogens with one attached hydrogen (secondary N) is 3. The van der Waals surface area contributed by atoms with Gasteiger partial charge in [-0.2, -0.15) is 5.10 Å². The van der Waals surface area contributed by atoms with Gasteiger partial charge in [-0.05, 0) is 50.2 Å². The molecule has 0 aliphatic carbocycles. The fourth-order valence-corrected chi connectivity index (χ4v) is 3.06. The van der Waals surface area contributed by atoms with E-state index in [1.807, 2.05) is 0 Å². The van der Waals surface area contributed by atoms with E-state index in [9.17, 15) is 14.0 Å². The summed E-state index contributed by atoms with van der Waals surface area (Å²) in [5.41, 5.74) is -0.346. The molecule has 2 heterocycles. The first-order valence-electron chi connectivity index (χ1n) is 8.11. The number of amides is 2. The third-order valence-corrected chi connectivity index (χ3v) is 4.33. The molecule has 0 unspecified atom stereocenters. The second kappa shape index (κ2) is 7.02. The van der Waals surface area contributed by atoms with Gasteiger partial charge in [-0.25, -0.2) is 4.39 Å². The van der Waals surface area contributed by atoms with Gasteiger partial charge in [0.1, 0.15) is 11.4 Å². The Morgan fingerprint density at radius 3 is 2.68 bits per heavy atom. The van der Waals surface area contributed by atoms with Crippen LogP contribution in [0.5, 0.6) is 0 Å². The van der Waals surface area contributed by atoms with Crippen LogP contribution in [0.2, 0.25) is 0 Å². The molecule has 0 radical (unpaired) electrons. The highest BCUT2D eigenvalue weighted by molar-refractivity contribution is 5.97. The Morgan fingerprint density at radius 2 is 2.04 bits per heavy atom. The lowest BCUT2D eigenvalue weighted by molar-refractivity contribution is -0.126. The van der Waals surface area contributed by atoms with Crippen LogP contribution in [-0.2, 0) is 15.1 Å². The molecule has 2 amide bonds. The number of benzene rings is 1. The Labute approximate surface area is 144 Å². The first-order chi connectivity index (χ1) is 12.0. The van der Waals surface area contributed by atoms with E-state index in [4.69, 9.17) is 0 Å². The molecule has 1 aliphatic heterocycles. The lowest BCUT2D eigenvalue weighted by Gasteiger charge is -2.36. The summed E-state index contributed by atoms with van der Waals surface area (Å²) in [5, 5.41) is 12.7.